The van der Waals surface area contributed by atoms with Crippen LogP contribution in [-0.4, -0.2) is 38.5 Å². The maximum absolute atomic E-state index is 9.57. The highest BCUT2D eigenvalue weighted by Gasteiger charge is 2.46. The third-order valence-electron chi connectivity index (χ3n) is 4.15. The Morgan fingerprint density at radius 3 is 2.18 bits per heavy atom. The quantitative estimate of drug-likeness (QED) is 0.647. The van der Waals surface area contributed by atoms with E-state index in [1.165, 1.54) is 7.11 Å². The van der Waals surface area contributed by atoms with Crippen molar-refractivity contribution in [1.82, 2.24) is 0 Å². The highest BCUT2D eigenvalue weighted by molar-refractivity contribution is 6.60. The zero-order valence-corrected chi connectivity index (χ0v) is 12.7. The highest BCUT2D eigenvalue weighted by atomic mass is 16.7. The Morgan fingerprint density at radius 1 is 0.909 bits per heavy atom. The number of hydrogen-bond donors (Lipinski definition) is 2. The molecular formula is C16H17BO5. The number of methoxy groups -OCH3 is 3. The molecule has 0 amide bonds. The average molecular weight is 300 g/mol. The molecule has 0 aliphatic heterocycles. The van der Waals surface area contributed by atoms with E-state index < -0.39 is 12.9 Å². The molecular weight excluding hydrogens is 283 g/mol. The van der Waals surface area contributed by atoms with Crippen LogP contribution in [0.15, 0.2) is 36.4 Å². The lowest BCUT2D eigenvalue weighted by Crippen LogP contribution is -2.33. The second-order valence-corrected chi connectivity index (χ2v) is 5.05. The van der Waals surface area contributed by atoms with Crippen molar-refractivity contribution in [3.63, 3.8) is 0 Å². The lowest BCUT2D eigenvalue weighted by molar-refractivity contribution is -0.180. The normalized spacial score (nSPS) is 14.4. The Bertz CT molecular complexity index is 710. The van der Waals surface area contributed by atoms with E-state index in [0.29, 0.717) is 11.2 Å². The van der Waals surface area contributed by atoms with Crippen LogP contribution in [0.1, 0.15) is 11.1 Å². The van der Waals surface area contributed by atoms with Crippen LogP contribution in [0.2, 0.25) is 0 Å². The molecule has 6 heteroatoms. The van der Waals surface area contributed by atoms with Gasteiger partial charge in [-0.05, 0) is 5.56 Å². The minimum atomic E-state index is -1.62. The lowest BCUT2D eigenvalue weighted by Gasteiger charge is -2.28. The standard InChI is InChI=1S/C16H17BO5/c1-20-15-13(17(18)19)9-8-12-14(15)10-6-4-5-7-11(10)16(12,21-2)22-3/h4-9,18-19H,1-3H3. The van der Waals surface area contributed by atoms with E-state index in [1.807, 2.05) is 24.3 Å². The molecule has 0 saturated heterocycles. The van der Waals surface area contributed by atoms with Crippen molar-refractivity contribution >= 4 is 12.6 Å². The van der Waals surface area contributed by atoms with Gasteiger partial charge in [-0.15, -0.1) is 0 Å². The molecule has 22 heavy (non-hydrogen) atoms. The minimum Gasteiger partial charge on any atom is -0.496 e. The van der Waals surface area contributed by atoms with Crippen molar-refractivity contribution in [3.05, 3.63) is 47.5 Å². The van der Waals surface area contributed by atoms with Gasteiger partial charge in [-0.2, -0.15) is 0 Å². The van der Waals surface area contributed by atoms with Gasteiger partial charge in [0.1, 0.15) is 5.75 Å². The molecule has 0 unspecified atom stereocenters. The molecule has 0 spiro atoms. The van der Waals surface area contributed by atoms with E-state index in [1.54, 1.807) is 26.4 Å². The second kappa shape index (κ2) is 5.41. The van der Waals surface area contributed by atoms with Crippen molar-refractivity contribution in [1.29, 1.82) is 0 Å². The van der Waals surface area contributed by atoms with E-state index in [0.717, 1.165) is 22.3 Å². The lowest BCUT2D eigenvalue weighted by atomic mass is 9.77. The summed E-state index contributed by atoms with van der Waals surface area (Å²) in [5, 5.41) is 19.1. The fourth-order valence-corrected chi connectivity index (χ4v) is 3.22. The summed E-state index contributed by atoms with van der Waals surface area (Å²) in [6, 6.07) is 11.1. The Labute approximate surface area is 129 Å². The van der Waals surface area contributed by atoms with Crippen molar-refractivity contribution in [2.75, 3.05) is 21.3 Å². The van der Waals surface area contributed by atoms with E-state index >= 15 is 0 Å². The molecule has 0 atom stereocenters. The van der Waals surface area contributed by atoms with E-state index in [9.17, 15) is 10.0 Å². The molecule has 2 N–H and O–H groups in total. The van der Waals surface area contributed by atoms with Crippen molar-refractivity contribution < 1.29 is 24.3 Å². The summed E-state index contributed by atoms with van der Waals surface area (Å²) in [6.07, 6.45) is 0. The van der Waals surface area contributed by atoms with Crippen molar-refractivity contribution in [2.45, 2.75) is 5.79 Å². The first kappa shape index (κ1) is 15.1. The predicted octanol–water partition coefficient (Wildman–Crippen LogP) is 0.849. The van der Waals surface area contributed by atoms with Gasteiger partial charge in [-0.1, -0.05) is 36.4 Å². The van der Waals surface area contributed by atoms with Gasteiger partial charge < -0.3 is 24.3 Å². The number of benzene rings is 2. The summed E-state index contributed by atoms with van der Waals surface area (Å²) < 4.78 is 16.9. The number of rotatable bonds is 4. The number of hydrogen-bond acceptors (Lipinski definition) is 5. The molecule has 5 nitrogen and oxygen atoms in total. The fourth-order valence-electron chi connectivity index (χ4n) is 3.22. The first-order valence-corrected chi connectivity index (χ1v) is 6.88. The molecule has 0 bridgehead atoms. The number of fused-ring (bicyclic) bond motifs is 3. The summed E-state index contributed by atoms with van der Waals surface area (Å²) >= 11 is 0. The van der Waals surface area contributed by atoms with Gasteiger partial charge >= 0.3 is 7.12 Å². The summed E-state index contributed by atoms with van der Waals surface area (Å²) in [5.74, 6) is -0.617. The molecule has 0 heterocycles. The van der Waals surface area contributed by atoms with Crippen LogP contribution in [0.5, 0.6) is 5.75 Å². The largest absolute Gasteiger partial charge is 0.496 e. The van der Waals surface area contributed by atoms with Gasteiger partial charge in [0.25, 0.3) is 0 Å². The Kier molecular flexibility index (Phi) is 3.70. The van der Waals surface area contributed by atoms with E-state index in [2.05, 4.69) is 0 Å². The van der Waals surface area contributed by atoms with Crippen LogP contribution >= 0.6 is 0 Å². The fraction of sp³-hybridized carbons (Fsp3) is 0.250. The SMILES string of the molecule is COc1c(B(O)O)ccc2c1-c1ccccc1C2(OC)OC. The summed E-state index contributed by atoms with van der Waals surface area (Å²) in [4.78, 5) is 0. The zero-order chi connectivity index (χ0) is 15.9. The third kappa shape index (κ3) is 1.82. The summed E-state index contributed by atoms with van der Waals surface area (Å²) in [5.41, 5.74) is 3.59. The van der Waals surface area contributed by atoms with Crippen molar-refractivity contribution in [2.24, 2.45) is 0 Å². The molecule has 2 aromatic rings. The van der Waals surface area contributed by atoms with Gasteiger partial charge in [-0.25, -0.2) is 0 Å². The molecule has 0 fully saturated rings. The van der Waals surface area contributed by atoms with Gasteiger partial charge in [0.2, 0.25) is 5.79 Å². The molecule has 1 aliphatic carbocycles. The van der Waals surface area contributed by atoms with Crippen molar-refractivity contribution in [3.8, 4) is 16.9 Å². The first-order chi connectivity index (χ1) is 10.6. The Balaban J connectivity index is 2.41. The molecule has 3 rings (SSSR count). The third-order valence-corrected chi connectivity index (χ3v) is 4.15. The van der Waals surface area contributed by atoms with Crippen LogP contribution in [-0.2, 0) is 15.3 Å². The Morgan fingerprint density at radius 2 is 1.59 bits per heavy atom. The van der Waals surface area contributed by atoms with E-state index in [-0.39, 0.29) is 0 Å². The predicted molar refractivity (Wildman–Crippen MR) is 83.1 cm³/mol. The highest BCUT2D eigenvalue weighted by Crippen LogP contribution is 2.52. The molecule has 0 saturated carbocycles. The minimum absolute atomic E-state index is 0.305. The van der Waals surface area contributed by atoms with Crippen LogP contribution in [0, 0.1) is 0 Å². The van der Waals surface area contributed by atoms with Gasteiger partial charge in [0.15, 0.2) is 0 Å². The second-order valence-electron chi connectivity index (χ2n) is 5.05. The summed E-state index contributed by atoms with van der Waals surface area (Å²) in [7, 11) is 3.05. The molecule has 0 radical (unpaired) electrons. The smallest absolute Gasteiger partial charge is 0.492 e. The van der Waals surface area contributed by atoms with Crippen LogP contribution in [0.4, 0.5) is 0 Å². The maximum atomic E-state index is 9.57. The van der Waals surface area contributed by atoms with Crippen LogP contribution < -0.4 is 10.2 Å². The average Bonchev–Trinajstić information content (AvgIpc) is 2.84. The van der Waals surface area contributed by atoms with Crippen LogP contribution in [0.3, 0.4) is 0 Å². The topological polar surface area (TPSA) is 68.2 Å². The number of ether oxygens (including phenoxy) is 3. The molecule has 114 valence electrons. The first-order valence-electron chi connectivity index (χ1n) is 6.88. The van der Waals surface area contributed by atoms with Gasteiger partial charge in [-0.3, -0.25) is 0 Å². The molecule has 2 aromatic carbocycles. The Hall–Kier alpha value is -1.86. The maximum Gasteiger partial charge on any atom is 0.492 e. The monoisotopic (exact) mass is 300 g/mol. The summed E-state index contributed by atoms with van der Waals surface area (Å²) in [6.45, 7) is 0. The zero-order valence-electron chi connectivity index (χ0n) is 12.7. The van der Waals surface area contributed by atoms with Gasteiger partial charge in [0.05, 0.1) is 7.11 Å². The van der Waals surface area contributed by atoms with E-state index in [4.69, 9.17) is 14.2 Å². The molecule has 1 aliphatic rings. The van der Waals surface area contributed by atoms with Gasteiger partial charge in [0, 0.05) is 36.4 Å². The van der Waals surface area contributed by atoms with Crippen LogP contribution in [0.25, 0.3) is 11.1 Å². The molecule has 0 aromatic heterocycles.